The van der Waals surface area contributed by atoms with Gasteiger partial charge in [0.05, 0.1) is 10.3 Å². The highest BCUT2D eigenvalue weighted by Gasteiger charge is 2.15. The third-order valence-corrected chi connectivity index (χ3v) is 3.90. The Morgan fingerprint density at radius 2 is 1.59 bits per heavy atom. The molecule has 0 amide bonds. The van der Waals surface area contributed by atoms with Crippen molar-refractivity contribution in [2.45, 2.75) is 0 Å². The molecular weight excluding hydrogens is 232 g/mol. The number of rotatable bonds is 1. The summed E-state index contributed by atoms with van der Waals surface area (Å²) in [5, 5.41) is 20.5. The number of benzene rings is 2. The van der Waals surface area contributed by atoms with E-state index in [1.807, 2.05) is 36.4 Å². The minimum atomic E-state index is 0.124. The molecule has 2 N–H and O–H groups in total. The van der Waals surface area contributed by atoms with Crippen LogP contribution in [0.3, 0.4) is 0 Å². The second-order valence-corrected chi connectivity index (χ2v) is 4.85. The standard InChI is InChI=1S/C14H10O2S/c15-10-7-4-8-11-12(10)13(16)14(17-11)9-5-2-1-3-6-9/h1-8,15-16H. The Kier molecular flexibility index (Phi) is 2.27. The van der Waals surface area contributed by atoms with Gasteiger partial charge in [-0.15, -0.1) is 11.3 Å². The predicted octanol–water partition coefficient (Wildman–Crippen LogP) is 3.98. The van der Waals surface area contributed by atoms with Crippen molar-refractivity contribution in [1.82, 2.24) is 0 Å². The van der Waals surface area contributed by atoms with Gasteiger partial charge in [-0.05, 0) is 17.7 Å². The third kappa shape index (κ3) is 1.56. The summed E-state index contributed by atoms with van der Waals surface area (Å²) >= 11 is 1.48. The molecule has 0 saturated carbocycles. The zero-order valence-electron chi connectivity index (χ0n) is 8.92. The first-order valence-corrected chi connectivity index (χ1v) is 6.08. The SMILES string of the molecule is Oc1cccc2sc(-c3ccccc3)c(O)c12. The Hall–Kier alpha value is -2.00. The monoisotopic (exact) mass is 242 g/mol. The molecule has 84 valence electrons. The highest BCUT2D eigenvalue weighted by Crippen LogP contribution is 2.46. The molecule has 0 aliphatic carbocycles. The van der Waals surface area contributed by atoms with E-state index in [2.05, 4.69) is 0 Å². The molecule has 0 fully saturated rings. The van der Waals surface area contributed by atoms with Crippen molar-refractivity contribution in [2.75, 3.05) is 0 Å². The van der Waals surface area contributed by atoms with Crippen LogP contribution in [0.15, 0.2) is 48.5 Å². The molecule has 3 heteroatoms. The molecule has 0 bridgehead atoms. The van der Waals surface area contributed by atoms with Crippen molar-refractivity contribution in [3.63, 3.8) is 0 Å². The van der Waals surface area contributed by atoms with Crippen LogP contribution in [0.25, 0.3) is 20.5 Å². The minimum absolute atomic E-state index is 0.124. The average molecular weight is 242 g/mol. The number of thiophene rings is 1. The maximum atomic E-state index is 10.2. The average Bonchev–Trinajstić information content (AvgIpc) is 2.69. The predicted molar refractivity (Wildman–Crippen MR) is 70.6 cm³/mol. The van der Waals surface area contributed by atoms with Gasteiger partial charge < -0.3 is 10.2 Å². The van der Waals surface area contributed by atoms with Crippen LogP contribution in [0, 0.1) is 0 Å². The molecule has 1 heterocycles. The maximum Gasteiger partial charge on any atom is 0.145 e. The lowest BCUT2D eigenvalue weighted by molar-refractivity contribution is 0.466. The first-order valence-electron chi connectivity index (χ1n) is 5.26. The first-order chi connectivity index (χ1) is 8.27. The molecule has 0 aliphatic rings. The van der Waals surface area contributed by atoms with Gasteiger partial charge in [-0.3, -0.25) is 0 Å². The quantitative estimate of drug-likeness (QED) is 0.677. The van der Waals surface area contributed by atoms with Crippen LogP contribution in [-0.4, -0.2) is 10.2 Å². The molecule has 3 aromatic rings. The second-order valence-electron chi connectivity index (χ2n) is 3.80. The van der Waals surface area contributed by atoms with Gasteiger partial charge in [-0.1, -0.05) is 36.4 Å². The van der Waals surface area contributed by atoms with E-state index in [1.165, 1.54) is 11.3 Å². The van der Waals surface area contributed by atoms with Gasteiger partial charge in [0.2, 0.25) is 0 Å². The van der Waals surface area contributed by atoms with Crippen LogP contribution in [0.1, 0.15) is 0 Å². The van der Waals surface area contributed by atoms with Gasteiger partial charge in [0, 0.05) is 4.70 Å². The van der Waals surface area contributed by atoms with E-state index in [0.717, 1.165) is 15.1 Å². The van der Waals surface area contributed by atoms with Crippen LogP contribution in [0.2, 0.25) is 0 Å². The molecule has 0 unspecified atom stereocenters. The van der Waals surface area contributed by atoms with E-state index in [1.54, 1.807) is 12.1 Å². The van der Waals surface area contributed by atoms with E-state index in [9.17, 15) is 10.2 Å². The van der Waals surface area contributed by atoms with E-state index < -0.39 is 0 Å². The lowest BCUT2D eigenvalue weighted by atomic mass is 10.1. The molecule has 17 heavy (non-hydrogen) atoms. The first kappa shape index (κ1) is 10.2. The normalized spacial score (nSPS) is 10.8. The van der Waals surface area contributed by atoms with Crippen molar-refractivity contribution in [1.29, 1.82) is 0 Å². The third-order valence-electron chi connectivity index (χ3n) is 2.70. The molecule has 2 nitrogen and oxygen atoms in total. The summed E-state index contributed by atoms with van der Waals surface area (Å²) < 4.78 is 0.890. The molecular formula is C14H10O2S. The van der Waals surface area contributed by atoms with Crippen LogP contribution >= 0.6 is 11.3 Å². The summed E-state index contributed by atoms with van der Waals surface area (Å²) in [6, 6.07) is 14.9. The zero-order valence-corrected chi connectivity index (χ0v) is 9.74. The number of aromatic hydroxyl groups is 2. The number of phenolic OH excluding ortho intramolecular Hbond substituents is 1. The van der Waals surface area contributed by atoms with Gasteiger partial charge in [0.25, 0.3) is 0 Å². The van der Waals surface area contributed by atoms with E-state index in [4.69, 9.17) is 0 Å². The number of hydrogen-bond acceptors (Lipinski definition) is 3. The van der Waals surface area contributed by atoms with Gasteiger partial charge in [0.1, 0.15) is 11.5 Å². The van der Waals surface area contributed by atoms with E-state index in [0.29, 0.717) is 5.39 Å². The Labute approximate surface area is 102 Å². The molecule has 0 spiro atoms. The number of hydrogen-bond donors (Lipinski definition) is 2. The summed E-state index contributed by atoms with van der Waals surface area (Å²) in [5.41, 5.74) is 0.964. The summed E-state index contributed by atoms with van der Waals surface area (Å²) in [6.07, 6.45) is 0. The van der Waals surface area contributed by atoms with Crippen molar-refractivity contribution in [2.24, 2.45) is 0 Å². The molecule has 2 aromatic carbocycles. The highest BCUT2D eigenvalue weighted by molar-refractivity contribution is 7.22. The largest absolute Gasteiger partial charge is 0.507 e. The van der Waals surface area contributed by atoms with Crippen LogP contribution in [0.5, 0.6) is 11.5 Å². The van der Waals surface area contributed by atoms with E-state index >= 15 is 0 Å². The summed E-state index contributed by atoms with van der Waals surface area (Å²) in [5.74, 6) is 0.285. The van der Waals surface area contributed by atoms with Gasteiger partial charge in [-0.2, -0.15) is 0 Å². The number of fused-ring (bicyclic) bond motifs is 1. The maximum absolute atomic E-state index is 10.2. The highest BCUT2D eigenvalue weighted by atomic mass is 32.1. The van der Waals surface area contributed by atoms with Gasteiger partial charge in [-0.25, -0.2) is 0 Å². The molecule has 0 radical (unpaired) electrons. The molecule has 0 saturated heterocycles. The van der Waals surface area contributed by atoms with Gasteiger partial charge >= 0.3 is 0 Å². The van der Waals surface area contributed by atoms with E-state index in [-0.39, 0.29) is 11.5 Å². The number of phenols is 1. The van der Waals surface area contributed by atoms with Crippen LogP contribution < -0.4 is 0 Å². The summed E-state index contributed by atoms with van der Waals surface area (Å²) in [6.45, 7) is 0. The second kappa shape index (κ2) is 3.79. The zero-order chi connectivity index (χ0) is 11.8. The fourth-order valence-corrected chi connectivity index (χ4v) is 3.02. The Balaban J connectivity index is 2.33. The fraction of sp³-hybridized carbons (Fsp3) is 0. The molecule has 3 rings (SSSR count). The minimum Gasteiger partial charge on any atom is -0.507 e. The Morgan fingerprint density at radius 3 is 2.29 bits per heavy atom. The summed E-state index contributed by atoms with van der Waals surface area (Å²) in [7, 11) is 0. The molecule has 0 aliphatic heterocycles. The Morgan fingerprint density at radius 1 is 0.824 bits per heavy atom. The lowest BCUT2D eigenvalue weighted by Gasteiger charge is -1.98. The topological polar surface area (TPSA) is 40.5 Å². The summed E-state index contributed by atoms with van der Waals surface area (Å²) in [4.78, 5) is 0.794. The lowest BCUT2D eigenvalue weighted by Crippen LogP contribution is -1.71. The fourth-order valence-electron chi connectivity index (χ4n) is 1.90. The van der Waals surface area contributed by atoms with Crippen molar-refractivity contribution in [3.05, 3.63) is 48.5 Å². The van der Waals surface area contributed by atoms with Crippen molar-refractivity contribution in [3.8, 4) is 21.9 Å². The van der Waals surface area contributed by atoms with Gasteiger partial charge in [0.15, 0.2) is 0 Å². The van der Waals surface area contributed by atoms with Crippen LogP contribution in [0.4, 0.5) is 0 Å². The molecule has 0 atom stereocenters. The van der Waals surface area contributed by atoms with Crippen LogP contribution in [-0.2, 0) is 0 Å². The Bertz CT molecular complexity index is 671. The van der Waals surface area contributed by atoms with Crippen molar-refractivity contribution >= 4 is 21.4 Å². The smallest absolute Gasteiger partial charge is 0.145 e. The molecule has 1 aromatic heterocycles. The van der Waals surface area contributed by atoms with Crippen molar-refractivity contribution < 1.29 is 10.2 Å².